The Labute approximate surface area is 116 Å². The number of ether oxygens (including phenoxy) is 1. The van der Waals surface area contributed by atoms with E-state index >= 15 is 0 Å². The van der Waals surface area contributed by atoms with Crippen molar-refractivity contribution in [3.05, 3.63) is 29.3 Å². The van der Waals surface area contributed by atoms with Crippen LogP contribution in [0.1, 0.15) is 29.6 Å². The van der Waals surface area contributed by atoms with E-state index in [-0.39, 0.29) is 12.6 Å². The highest BCUT2D eigenvalue weighted by Crippen LogP contribution is 2.25. The first-order valence-corrected chi connectivity index (χ1v) is 6.54. The average Bonchev–Trinajstić information content (AvgIpc) is 2.39. The van der Waals surface area contributed by atoms with E-state index in [9.17, 15) is 13.6 Å². The molecule has 0 amide bonds. The maximum Gasteiger partial charge on any atom is 0.335 e. The van der Waals surface area contributed by atoms with Crippen LogP contribution in [0.4, 0.5) is 8.78 Å². The molecule has 0 saturated carbocycles. The summed E-state index contributed by atoms with van der Waals surface area (Å²) in [7, 11) is 1.95. The van der Waals surface area contributed by atoms with Crippen LogP contribution in [0.3, 0.4) is 0 Å². The van der Waals surface area contributed by atoms with Gasteiger partial charge in [0, 0.05) is 6.04 Å². The fourth-order valence-electron chi connectivity index (χ4n) is 2.36. The molecule has 1 aliphatic rings. The first-order chi connectivity index (χ1) is 9.49. The third-order valence-corrected chi connectivity index (χ3v) is 3.59. The maximum absolute atomic E-state index is 13.7. The molecule has 6 heteroatoms. The van der Waals surface area contributed by atoms with Crippen molar-refractivity contribution in [3.8, 4) is 5.75 Å². The van der Waals surface area contributed by atoms with Gasteiger partial charge in [0.1, 0.15) is 6.61 Å². The molecule has 1 aliphatic heterocycles. The highest BCUT2D eigenvalue weighted by Gasteiger charge is 2.22. The Kier molecular flexibility index (Phi) is 4.54. The average molecular weight is 285 g/mol. The molecule has 0 radical (unpaired) electrons. The molecule has 1 atom stereocenters. The molecule has 4 nitrogen and oxygen atoms in total. The van der Waals surface area contributed by atoms with Crippen molar-refractivity contribution in [3.63, 3.8) is 0 Å². The van der Waals surface area contributed by atoms with Crippen LogP contribution in [-0.4, -0.2) is 42.2 Å². The second-order valence-electron chi connectivity index (χ2n) is 5.02. The predicted octanol–water partition coefficient (Wildman–Crippen LogP) is 2.53. The Morgan fingerprint density at radius 2 is 2.05 bits per heavy atom. The number of hydrogen-bond donors (Lipinski definition) is 1. The molecule has 1 N–H and O–H groups in total. The van der Waals surface area contributed by atoms with E-state index in [1.165, 1.54) is 0 Å². The highest BCUT2D eigenvalue weighted by molar-refractivity contribution is 5.87. The van der Waals surface area contributed by atoms with Crippen LogP contribution >= 0.6 is 0 Å². The largest absolute Gasteiger partial charge is 0.486 e. The first-order valence-electron chi connectivity index (χ1n) is 6.54. The van der Waals surface area contributed by atoms with Gasteiger partial charge in [-0.1, -0.05) is 6.42 Å². The van der Waals surface area contributed by atoms with Crippen molar-refractivity contribution in [1.29, 1.82) is 0 Å². The molecule has 2 rings (SSSR count). The Bertz CT molecular complexity index is 484. The number of aromatic carboxylic acids is 1. The van der Waals surface area contributed by atoms with E-state index in [2.05, 4.69) is 4.90 Å². The lowest BCUT2D eigenvalue weighted by Crippen LogP contribution is -2.40. The quantitative estimate of drug-likeness (QED) is 0.923. The van der Waals surface area contributed by atoms with Gasteiger partial charge < -0.3 is 14.7 Å². The predicted molar refractivity (Wildman–Crippen MR) is 69.1 cm³/mol. The van der Waals surface area contributed by atoms with Gasteiger partial charge in [-0.15, -0.1) is 0 Å². The van der Waals surface area contributed by atoms with Crippen LogP contribution in [0, 0.1) is 11.6 Å². The van der Waals surface area contributed by atoms with Crippen LogP contribution in [0.25, 0.3) is 0 Å². The fraction of sp³-hybridized carbons (Fsp3) is 0.500. The molecular formula is C14H17F2NO3. The molecule has 1 aromatic carbocycles. The van der Waals surface area contributed by atoms with Crippen LogP contribution in [0.2, 0.25) is 0 Å². The minimum absolute atomic E-state index is 0.127. The van der Waals surface area contributed by atoms with Crippen molar-refractivity contribution in [2.24, 2.45) is 0 Å². The summed E-state index contributed by atoms with van der Waals surface area (Å²) in [6.07, 6.45) is 3.11. The van der Waals surface area contributed by atoms with Crippen LogP contribution in [0.5, 0.6) is 5.75 Å². The molecule has 20 heavy (non-hydrogen) atoms. The van der Waals surface area contributed by atoms with Crippen LogP contribution in [-0.2, 0) is 0 Å². The maximum atomic E-state index is 13.7. The summed E-state index contributed by atoms with van der Waals surface area (Å²) in [5, 5.41) is 8.71. The third kappa shape index (κ3) is 3.25. The lowest BCUT2D eigenvalue weighted by atomic mass is 10.0. The molecular weight excluding hydrogens is 268 g/mol. The molecule has 110 valence electrons. The summed E-state index contributed by atoms with van der Waals surface area (Å²) in [6, 6.07) is 1.66. The van der Waals surface area contributed by atoms with E-state index in [1.807, 2.05) is 7.05 Å². The topological polar surface area (TPSA) is 49.8 Å². The molecule has 1 aromatic rings. The van der Waals surface area contributed by atoms with E-state index in [4.69, 9.17) is 9.84 Å². The van der Waals surface area contributed by atoms with Gasteiger partial charge in [0.15, 0.2) is 17.4 Å². The summed E-state index contributed by atoms with van der Waals surface area (Å²) in [6.45, 7) is 1.13. The Balaban J connectivity index is 2.07. The van der Waals surface area contributed by atoms with Crippen molar-refractivity contribution < 1.29 is 23.4 Å². The fourth-order valence-corrected chi connectivity index (χ4v) is 2.36. The number of rotatable bonds is 4. The van der Waals surface area contributed by atoms with E-state index in [0.717, 1.165) is 37.9 Å². The highest BCUT2D eigenvalue weighted by atomic mass is 19.1. The van der Waals surface area contributed by atoms with Gasteiger partial charge in [-0.25, -0.2) is 13.6 Å². The lowest BCUT2D eigenvalue weighted by molar-refractivity contribution is 0.0695. The number of benzene rings is 1. The van der Waals surface area contributed by atoms with E-state index < -0.39 is 28.9 Å². The second-order valence-corrected chi connectivity index (χ2v) is 5.02. The van der Waals surface area contributed by atoms with Gasteiger partial charge in [0.2, 0.25) is 0 Å². The Hall–Kier alpha value is -1.69. The number of likely N-dealkylation sites (N-methyl/N-ethyl adjacent to an activating group) is 1. The van der Waals surface area contributed by atoms with Crippen molar-refractivity contribution >= 4 is 5.97 Å². The summed E-state index contributed by atoms with van der Waals surface area (Å²) >= 11 is 0. The summed E-state index contributed by atoms with van der Waals surface area (Å²) in [4.78, 5) is 12.8. The first kappa shape index (κ1) is 14.7. The Morgan fingerprint density at radius 3 is 2.60 bits per heavy atom. The summed E-state index contributed by atoms with van der Waals surface area (Å²) < 4.78 is 32.6. The Morgan fingerprint density at radius 1 is 1.40 bits per heavy atom. The molecule has 1 heterocycles. The molecule has 0 spiro atoms. The van der Waals surface area contributed by atoms with Crippen molar-refractivity contribution in [2.75, 3.05) is 20.2 Å². The molecule has 1 fully saturated rings. The molecule has 0 bridgehead atoms. The minimum atomic E-state index is -1.37. The normalized spacial score (nSPS) is 19.9. The standard InChI is InChI=1S/C14H17F2NO3/c1-17-5-3-2-4-10(17)8-20-13-11(15)6-9(14(18)19)7-12(13)16/h6-7,10H,2-5,8H2,1H3,(H,18,19). The van der Waals surface area contributed by atoms with Gasteiger partial charge in [0.05, 0.1) is 5.56 Å². The monoisotopic (exact) mass is 285 g/mol. The van der Waals surface area contributed by atoms with Gasteiger partial charge in [-0.05, 0) is 38.6 Å². The lowest BCUT2D eigenvalue weighted by Gasteiger charge is -2.32. The van der Waals surface area contributed by atoms with E-state index in [0.29, 0.717) is 0 Å². The number of carboxylic acids is 1. The zero-order valence-electron chi connectivity index (χ0n) is 11.2. The molecule has 1 unspecified atom stereocenters. The van der Waals surface area contributed by atoms with Crippen LogP contribution in [0.15, 0.2) is 12.1 Å². The third-order valence-electron chi connectivity index (χ3n) is 3.59. The minimum Gasteiger partial charge on any atom is -0.486 e. The number of hydrogen-bond acceptors (Lipinski definition) is 3. The number of likely N-dealkylation sites (tertiary alicyclic amines) is 1. The van der Waals surface area contributed by atoms with Gasteiger partial charge >= 0.3 is 5.97 Å². The summed E-state index contributed by atoms with van der Waals surface area (Å²) in [5.74, 6) is -3.85. The SMILES string of the molecule is CN1CCCCC1COc1c(F)cc(C(=O)O)cc1F. The number of nitrogens with zero attached hydrogens (tertiary/aromatic N) is 1. The van der Waals surface area contributed by atoms with Crippen molar-refractivity contribution in [1.82, 2.24) is 4.90 Å². The number of carbonyl (C=O) groups is 1. The smallest absolute Gasteiger partial charge is 0.335 e. The molecule has 1 saturated heterocycles. The number of carboxylic acid groups (broad SMARTS) is 1. The zero-order chi connectivity index (χ0) is 14.7. The molecule has 0 aromatic heterocycles. The second kappa shape index (κ2) is 6.17. The molecule has 0 aliphatic carbocycles. The zero-order valence-corrected chi connectivity index (χ0v) is 11.2. The van der Waals surface area contributed by atoms with Gasteiger partial charge in [-0.2, -0.15) is 0 Å². The number of halogens is 2. The van der Waals surface area contributed by atoms with Gasteiger partial charge in [-0.3, -0.25) is 0 Å². The van der Waals surface area contributed by atoms with E-state index in [1.54, 1.807) is 0 Å². The summed E-state index contributed by atoms with van der Waals surface area (Å²) in [5.41, 5.74) is -0.429. The van der Waals surface area contributed by atoms with Crippen LogP contribution < -0.4 is 4.74 Å². The van der Waals surface area contributed by atoms with Crippen molar-refractivity contribution in [2.45, 2.75) is 25.3 Å². The van der Waals surface area contributed by atoms with Gasteiger partial charge in [0.25, 0.3) is 0 Å². The number of piperidine rings is 1.